The van der Waals surface area contributed by atoms with Crippen molar-refractivity contribution in [2.24, 2.45) is 7.05 Å². The van der Waals surface area contributed by atoms with E-state index in [4.69, 9.17) is 0 Å². The molecule has 1 unspecified atom stereocenters. The minimum absolute atomic E-state index is 0.406. The van der Waals surface area contributed by atoms with Gasteiger partial charge in [0.15, 0.2) is 0 Å². The predicted octanol–water partition coefficient (Wildman–Crippen LogP) is 0.902. The molecule has 3 rings (SSSR count). The molecule has 2 N–H and O–H groups in total. The molecule has 0 aliphatic carbocycles. The Labute approximate surface area is 119 Å². The number of rotatable bonds is 4. The molecule has 0 radical (unpaired) electrons. The molecule has 2 heterocycles. The van der Waals surface area contributed by atoms with Crippen LogP contribution in [-0.2, 0) is 7.05 Å². The van der Waals surface area contributed by atoms with Gasteiger partial charge in [0.05, 0.1) is 23.5 Å². The molecule has 1 aromatic carbocycles. The van der Waals surface area contributed by atoms with E-state index < -0.39 is 6.10 Å². The second-order valence-electron chi connectivity index (χ2n) is 5.50. The molecule has 2 aromatic rings. The molecular formula is C15H22N4O. The van der Waals surface area contributed by atoms with Crippen LogP contribution in [0.4, 0.5) is 0 Å². The lowest BCUT2D eigenvalue weighted by Gasteiger charge is -2.27. The van der Waals surface area contributed by atoms with E-state index in [-0.39, 0.29) is 0 Å². The monoisotopic (exact) mass is 274 g/mol. The van der Waals surface area contributed by atoms with Gasteiger partial charge in [0.1, 0.15) is 0 Å². The van der Waals surface area contributed by atoms with Crippen molar-refractivity contribution in [2.45, 2.75) is 12.5 Å². The fourth-order valence-corrected chi connectivity index (χ4v) is 2.77. The average Bonchev–Trinajstić information content (AvgIpc) is 2.87. The van der Waals surface area contributed by atoms with Gasteiger partial charge in [-0.05, 0) is 24.1 Å². The standard InChI is InChI=1S/C15H22N4O/c1-18-11-17-13-10-12(2-3-14(13)18)15(20)4-7-19-8-5-16-6-9-19/h2-3,10-11,15-16,20H,4-9H2,1H3. The van der Waals surface area contributed by atoms with Crippen LogP contribution < -0.4 is 5.32 Å². The van der Waals surface area contributed by atoms with Crippen molar-refractivity contribution in [3.8, 4) is 0 Å². The number of benzene rings is 1. The molecule has 108 valence electrons. The zero-order valence-corrected chi connectivity index (χ0v) is 11.9. The number of piperazine rings is 1. The van der Waals surface area contributed by atoms with Gasteiger partial charge in [-0.25, -0.2) is 4.98 Å². The molecule has 5 nitrogen and oxygen atoms in total. The maximum Gasteiger partial charge on any atom is 0.0955 e. The quantitative estimate of drug-likeness (QED) is 0.870. The molecule has 1 aromatic heterocycles. The number of imidazole rings is 1. The van der Waals surface area contributed by atoms with Gasteiger partial charge in [0, 0.05) is 39.8 Å². The highest BCUT2D eigenvalue weighted by molar-refractivity contribution is 5.76. The summed E-state index contributed by atoms with van der Waals surface area (Å²) in [6.07, 6.45) is 2.18. The maximum absolute atomic E-state index is 10.3. The van der Waals surface area contributed by atoms with Crippen LogP contribution >= 0.6 is 0 Å². The highest BCUT2D eigenvalue weighted by Crippen LogP contribution is 2.21. The molecule has 0 saturated carbocycles. The number of hydrogen-bond acceptors (Lipinski definition) is 4. The zero-order valence-electron chi connectivity index (χ0n) is 11.9. The van der Waals surface area contributed by atoms with Crippen molar-refractivity contribution in [3.63, 3.8) is 0 Å². The van der Waals surface area contributed by atoms with Crippen LogP contribution in [0.25, 0.3) is 11.0 Å². The third kappa shape index (κ3) is 2.85. The fourth-order valence-electron chi connectivity index (χ4n) is 2.77. The predicted molar refractivity (Wildman–Crippen MR) is 79.6 cm³/mol. The Balaban J connectivity index is 1.64. The summed E-state index contributed by atoms with van der Waals surface area (Å²) in [5, 5.41) is 13.7. The number of nitrogens with one attached hydrogen (secondary N) is 1. The van der Waals surface area contributed by atoms with E-state index in [0.717, 1.165) is 55.7 Å². The van der Waals surface area contributed by atoms with Crippen molar-refractivity contribution in [1.29, 1.82) is 0 Å². The molecule has 1 aliphatic heterocycles. The Kier molecular flexibility index (Phi) is 4.00. The molecule has 1 saturated heterocycles. The lowest BCUT2D eigenvalue weighted by Crippen LogP contribution is -2.44. The Morgan fingerprint density at radius 1 is 1.35 bits per heavy atom. The van der Waals surface area contributed by atoms with Crippen LogP contribution in [0.2, 0.25) is 0 Å². The smallest absolute Gasteiger partial charge is 0.0955 e. The highest BCUT2D eigenvalue weighted by atomic mass is 16.3. The summed E-state index contributed by atoms with van der Waals surface area (Å²) in [5.74, 6) is 0. The zero-order chi connectivity index (χ0) is 13.9. The second kappa shape index (κ2) is 5.91. The van der Waals surface area contributed by atoms with Crippen molar-refractivity contribution >= 4 is 11.0 Å². The lowest BCUT2D eigenvalue weighted by molar-refractivity contribution is 0.137. The molecule has 1 aliphatic rings. The first-order chi connectivity index (χ1) is 9.74. The fraction of sp³-hybridized carbons (Fsp3) is 0.533. The SMILES string of the molecule is Cn1cnc2cc(C(O)CCN3CCNCC3)ccc21. The second-order valence-corrected chi connectivity index (χ2v) is 5.50. The Bertz CT molecular complexity index is 574. The van der Waals surface area contributed by atoms with Crippen molar-refractivity contribution in [2.75, 3.05) is 32.7 Å². The van der Waals surface area contributed by atoms with Gasteiger partial charge in [-0.15, -0.1) is 0 Å². The van der Waals surface area contributed by atoms with E-state index in [9.17, 15) is 5.11 Å². The summed E-state index contributed by atoms with van der Waals surface area (Å²) < 4.78 is 1.99. The molecule has 20 heavy (non-hydrogen) atoms. The summed E-state index contributed by atoms with van der Waals surface area (Å²) in [7, 11) is 1.98. The van der Waals surface area contributed by atoms with Crippen molar-refractivity contribution < 1.29 is 5.11 Å². The molecule has 0 bridgehead atoms. The number of aliphatic hydroxyl groups is 1. The topological polar surface area (TPSA) is 53.3 Å². The van der Waals surface area contributed by atoms with E-state index in [1.54, 1.807) is 0 Å². The summed E-state index contributed by atoms with van der Waals surface area (Å²) in [4.78, 5) is 6.75. The maximum atomic E-state index is 10.3. The summed E-state index contributed by atoms with van der Waals surface area (Å²) in [6.45, 7) is 5.20. The van der Waals surface area contributed by atoms with Crippen molar-refractivity contribution in [3.05, 3.63) is 30.1 Å². The first-order valence-electron chi connectivity index (χ1n) is 7.26. The number of aliphatic hydroxyl groups excluding tert-OH is 1. The van der Waals surface area contributed by atoms with E-state index in [2.05, 4.69) is 15.2 Å². The number of hydrogen-bond donors (Lipinski definition) is 2. The number of fused-ring (bicyclic) bond motifs is 1. The number of nitrogens with zero attached hydrogens (tertiary/aromatic N) is 3. The van der Waals surface area contributed by atoms with Crippen molar-refractivity contribution in [1.82, 2.24) is 19.8 Å². The van der Waals surface area contributed by atoms with E-state index in [1.165, 1.54) is 0 Å². The Hall–Kier alpha value is -1.43. The van der Waals surface area contributed by atoms with Crippen LogP contribution in [0.1, 0.15) is 18.1 Å². The van der Waals surface area contributed by atoms with Gasteiger partial charge >= 0.3 is 0 Å². The Morgan fingerprint density at radius 2 is 2.15 bits per heavy atom. The average molecular weight is 274 g/mol. The van der Waals surface area contributed by atoms with Crippen LogP contribution in [0, 0.1) is 0 Å². The first kappa shape index (κ1) is 13.5. The lowest BCUT2D eigenvalue weighted by atomic mass is 10.1. The van der Waals surface area contributed by atoms with Crippen LogP contribution in [-0.4, -0.2) is 52.3 Å². The van der Waals surface area contributed by atoms with Gasteiger partial charge in [-0.2, -0.15) is 0 Å². The molecule has 5 heteroatoms. The van der Waals surface area contributed by atoms with Gasteiger partial charge in [-0.1, -0.05) is 6.07 Å². The minimum atomic E-state index is -0.406. The van der Waals surface area contributed by atoms with E-state index in [0.29, 0.717) is 0 Å². The normalized spacial score (nSPS) is 18.5. The Morgan fingerprint density at radius 3 is 2.95 bits per heavy atom. The first-order valence-corrected chi connectivity index (χ1v) is 7.26. The third-order valence-corrected chi connectivity index (χ3v) is 4.06. The molecule has 0 amide bonds. The third-order valence-electron chi connectivity index (χ3n) is 4.06. The molecular weight excluding hydrogens is 252 g/mol. The minimum Gasteiger partial charge on any atom is -0.388 e. The van der Waals surface area contributed by atoms with Gasteiger partial charge in [-0.3, -0.25) is 0 Å². The van der Waals surface area contributed by atoms with E-state index in [1.807, 2.05) is 36.1 Å². The van der Waals surface area contributed by atoms with Gasteiger partial charge < -0.3 is 19.9 Å². The highest BCUT2D eigenvalue weighted by Gasteiger charge is 2.14. The van der Waals surface area contributed by atoms with E-state index >= 15 is 0 Å². The number of aromatic nitrogens is 2. The molecule has 0 spiro atoms. The van der Waals surface area contributed by atoms with Crippen LogP contribution in [0.3, 0.4) is 0 Å². The molecule has 1 atom stereocenters. The van der Waals surface area contributed by atoms with Crippen LogP contribution in [0.5, 0.6) is 0 Å². The largest absolute Gasteiger partial charge is 0.388 e. The van der Waals surface area contributed by atoms with Crippen LogP contribution in [0.15, 0.2) is 24.5 Å². The summed E-state index contributed by atoms with van der Waals surface area (Å²) >= 11 is 0. The summed E-state index contributed by atoms with van der Waals surface area (Å²) in [5.41, 5.74) is 3.01. The molecule has 1 fully saturated rings. The van der Waals surface area contributed by atoms with Gasteiger partial charge in [0.2, 0.25) is 0 Å². The number of aryl methyl sites for hydroxylation is 1. The van der Waals surface area contributed by atoms with Gasteiger partial charge in [0.25, 0.3) is 0 Å². The summed E-state index contributed by atoms with van der Waals surface area (Å²) in [6, 6.07) is 6.04.